The second-order valence-electron chi connectivity index (χ2n) is 3.14. The molecule has 0 aliphatic rings. The van der Waals surface area contributed by atoms with Crippen LogP contribution in [0.2, 0.25) is 0 Å². The summed E-state index contributed by atoms with van der Waals surface area (Å²) >= 11 is 4.10. The van der Waals surface area contributed by atoms with Gasteiger partial charge in [0, 0.05) is 0 Å². The lowest BCUT2D eigenvalue weighted by Gasteiger charge is -2.00. The van der Waals surface area contributed by atoms with Gasteiger partial charge in [0.2, 0.25) is 0 Å². The van der Waals surface area contributed by atoms with Gasteiger partial charge in [0.25, 0.3) is 0 Å². The molecule has 0 saturated heterocycles. The number of aryl methyl sites for hydroxylation is 1. The van der Waals surface area contributed by atoms with Gasteiger partial charge < -0.3 is 0 Å². The van der Waals surface area contributed by atoms with Crippen LogP contribution in [0, 0.1) is 6.92 Å². The van der Waals surface area contributed by atoms with E-state index < -0.39 is 0 Å². The summed E-state index contributed by atoms with van der Waals surface area (Å²) in [5.41, 5.74) is 3.96. The molecule has 0 aliphatic carbocycles. The highest BCUT2D eigenvalue weighted by Gasteiger charge is 1.92. The van der Waals surface area contributed by atoms with Crippen molar-refractivity contribution in [1.29, 1.82) is 0 Å². The topological polar surface area (TPSA) is 0 Å². The highest BCUT2D eigenvalue weighted by Crippen LogP contribution is 2.09. The first kappa shape index (κ1) is 9.40. The molecule has 0 aliphatic heterocycles. The molecule has 0 unspecified atom stereocenters. The van der Waals surface area contributed by atoms with Crippen LogP contribution >= 0.6 is 12.6 Å². The summed E-state index contributed by atoms with van der Waals surface area (Å²) in [6, 6.07) is 8.61. The quantitative estimate of drug-likeness (QED) is 0.659. The molecule has 0 spiro atoms. The fourth-order valence-electron chi connectivity index (χ4n) is 1.07. The zero-order chi connectivity index (χ0) is 8.97. The van der Waals surface area contributed by atoms with Gasteiger partial charge in [0.05, 0.1) is 0 Å². The minimum absolute atomic E-state index is 1.00. The molecular formula is C11H14S. The van der Waals surface area contributed by atoms with E-state index in [4.69, 9.17) is 0 Å². The van der Waals surface area contributed by atoms with E-state index in [0.717, 1.165) is 6.42 Å². The zero-order valence-corrected chi connectivity index (χ0v) is 8.44. The van der Waals surface area contributed by atoms with Gasteiger partial charge in [-0.25, -0.2) is 0 Å². The summed E-state index contributed by atoms with van der Waals surface area (Å²) < 4.78 is 0. The van der Waals surface area contributed by atoms with E-state index in [-0.39, 0.29) is 0 Å². The number of thiol groups is 1. The number of rotatable bonds is 2. The van der Waals surface area contributed by atoms with Crippen molar-refractivity contribution in [1.82, 2.24) is 0 Å². The van der Waals surface area contributed by atoms with Crippen molar-refractivity contribution in [3.63, 3.8) is 0 Å². The number of hydrogen-bond acceptors (Lipinski definition) is 1. The molecule has 0 fully saturated rings. The van der Waals surface area contributed by atoms with Crippen LogP contribution in [0.4, 0.5) is 0 Å². The van der Waals surface area contributed by atoms with E-state index in [1.807, 2.05) is 5.41 Å². The van der Waals surface area contributed by atoms with E-state index in [9.17, 15) is 0 Å². The number of hydrogen-bond donors (Lipinski definition) is 1. The van der Waals surface area contributed by atoms with E-state index in [2.05, 4.69) is 50.7 Å². The van der Waals surface area contributed by atoms with E-state index in [1.54, 1.807) is 0 Å². The van der Waals surface area contributed by atoms with Gasteiger partial charge in [-0.15, -0.1) is 0 Å². The standard InChI is InChI=1S/C11H14S/c1-9-3-5-11(6-4-9)7-10(2)8-12/h3-6,8,12H,7H2,1-2H3/b10-8+. The first-order valence-corrected chi connectivity index (χ1v) is 4.59. The minimum atomic E-state index is 1.00. The van der Waals surface area contributed by atoms with Gasteiger partial charge in [0.1, 0.15) is 0 Å². The van der Waals surface area contributed by atoms with E-state index >= 15 is 0 Å². The fraction of sp³-hybridized carbons (Fsp3) is 0.273. The molecule has 0 nitrogen and oxygen atoms in total. The average Bonchev–Trinajstić information content (AvgIpc) is 2.09. The fourth-order valence-corrected chi connectivity index (χ4v) is 1.16. The van der Waals surface area contributed by atoms with Gasteiger partial charge in [-0.3, -0.25) is 0 Å². The van der Waals surface area contributed by atoms with Crippen LogP contribution in [0.5, 0.6) is 0 Å². The summed E-state index contributed by atoms with van der Waals surface area (Å²) in [7, 11) is 0. The van der Waals surface area contributed by atoms with Crippen molar-refractivity contribution in [2.45, 2.75) is 20.3 Å². The second kappa shape index (κ2) is 4.36. The lowest BCUT2D eigenvalue weighted by atomic mass is 10.1. The molecule has 0 atom stereocenters. The van der Waals surface area contributed by atoms with Crippen molar-refractivity contribution in [3.8, 4) is 0 Å². The van der Waals surface area contributed by atoms with Gasteiger partial charge in [-0.1, -0.05) is 35.4 Å². The normalized spacial score (nSPS) is 11.8. The van der Waals surface area contributed by atoms with Crippen molar-refractivity contribution in [2.24, 2.45) is 0 Å². The predicted octanol–water partition coefficient (Wildman–Crippen LogP) is 3.37. The van der Waals surface area contributed by atoms with Gasteiger partial charge >= 0.3 is 0 Å². The third-order valence-electron chi connectivity index (χ3n) is 1.82. The molecule has 0 aromatic heterocycles. The summed E-state index contributed by atoms with van der Waals surface area (Å²) in [5.74, 6) is 0. The van der Waals surface area contributed by atoms with Crippen molar-refractivity contribution in [2.75, 3.05) is 0 Å². The molecule has 0 radical (unpaired) electrons. The molecule has 1 heteroatoms. The van der Waals surface area contributed by atoms with E-state index in [1.165, 1.54) is 16.7 Å². The highest BCUT2D eigenvalue weighted by molar-refractivity contribution is 7.83. The van der Waals surface area contributed by atoms with Crippen LogP contribution in [0.1, 0.15) is 18.1 Å². The molecule has 12 heavy (non-hydrogen) atoms. The lowest BCUT2D eigenvalue weighted by molar-refractivity contribution is 1.15. The molecule has 1 aromatic rings. The van der Waals surface area contributed by atoms with Crippen molar-refractivity contribution < 1.29 is 0 Å². The maximum atomic E-state index is 4.10. The third-order valence-corrected chi connectivity index (χ3v) is 2.26. The lowest BCUT2D eigenvalue weighted by Crippen LogP contribution is -1.85. The molecule has 0 bridgehead atoms. The Morgan fingerprint density at radius 2 is 1.92 bits per heavy atom. The Morgan fingerprint density at radius 3 is 2.42 bits per heavy atom. The van der Waals surface area contributed by atoms with Crippen molar-refractivity contribution >= 4 is 12.6 Å². The first-order valence-electron chi connectivity index (χ1n) is 4.08. The molecule has 64 valence electrons. The highest BCUT2D eigenvalue weighted by atomic mass is 32.1. The Bertz CT molecular complexity index is 270. The Balaban J connectivity index is 2.71. The number of benzene rings is 1. The van der Waals surface area contributed by atoms with Gasteiger partial charge in [-0.2, -0.15) is 12.6 Å². The van der Waals surface area contributed by atoms with Crippen LogP contribution in [0.3, 0.4) is 0 Å². The molecule has 0 amide bonds. The summed E-state index contributed by atoms with van der Waals surface area (Å²) in [6.45, 7) is 4.19. The first-order chi connectivity index (χ1) is 5.72. The summed E-state index contributed by atoms with van der Waals surface area (Å²) in [6.07, 6.45) is 1.00. The van der Waals surface area contributed by atoms with Crippen molar-refractivity contribution in [3.05, 3.63) is 46.4 Å². The molecule has 0 N–H and O–H groups in total. The Hall–Kier alpha value is -0.690. The number of allylic oxidation sites excluding steroid dienone is 1. The SMILES string of the molecule is C/C(=C\S)Cc1ccc(C)cc1. The van der Waals surface area contributed by atoms with Crippen LogP contribution in [0.15, 0.2) is 35.2 Å². The van der Waals surface area contributed by atoms with Crippen LogP contribution in [-0.2, 0) is 6.42 Å². The second-order valence-corrected chi connectivity index (χ2v) is 3.40. The summed E-state index contributed by atoms with van der Waals surface area (Å²) in [5, 5.41) is 1.86. The van der Waals surface area contributed by atoms with Gasteiger partial charge in [0.15, 0.2) is 0 Å². The molecule has 0 heterocycles. The smallest absolute Gasteiger partial charge is 0.00618 e. The Kier molecular flexibility index (Phi) is 3.42. The molecular weight excluding hydrogens is 164 g/mol. The predicted molar refractivity (Wildman–Crippen MR) is 57.6 cm³/mol. The maximum Gasteiger partial charge on any atom is -0.00618 e. The average molecular weight is 178 g/mol. The third kappa shape index (κ3) is 2.74. The van der Waals surface area contributed by atoms with E-state index in [0.29, 0.717) is 0 Å². The van der Waals surface area contributed by atoms with Crippen LogP contribution in [-0.4, -0.2) is 0 Å². The molecule has 1 rings (SSSR count). The van der Waals surface area contributed by atoms with Gasteiger partial charge in [-0.05, 0) is 31.2 Å². The van der Waals surface area contributed by atoms with Crippen LogP contribution in [0.25, 0.3) is 0 Å². The maximum absolute atomic E-state index is 4.10. The van der Waals surface area contributed by atoms with Crippen LogP contribution < -0.4 is 0 Å². The molecule has 1 aromatic carbocycles. The zero-order valence-electron chi connectivity index (χ0n) is 7.54. The summed E-state index contributed by atoms with van der Waals surface area (Å²) in [4.78, 5) is 0. The Labute approximate surface area is 79.7 Å². The largest absolute Gasteiger partial charge is 0.151 e. The Morgan fingerprint density at radius 1 is 1.33 bits per heavy atom. The minimum Gasteiger partial charge on any atom is -0.151 e. The molecule has 0 saturated carbocycles. The monoisotopic (exact) mass is 178 g/mol.